The number of halogens is 1. The first-order chi connectivity index (χ1) is 17.9. The Hall–Kier alpha value is -4.14. The van der Waals surface area contributed by atoms with Gasteiger partial charge in [-0.2, -0.15) is 0 Å². The first-order valence-corrected chi connectivity index (χ1v) is 12.7. The quantitative estimate of drug-likeness (QED) is 0.228. The number of ether oxygens (including phenoxy) is 1. The molecule has 0 aliphatic heterocycles. The van der Waals surface area contributed by atoms with Gasteiger partial charge in [-0.05, 0) is 48.5 Å². The molecule has 0 saturated heterocycles. The molecule has 0 spiro atoms. The summed E-state index contributed by atoms with van der Waals surface area (Å²) in [5.41, 5.74) is 4.34. The molecule has 0 saturated carbocycles. The maximum absolute atomic E-state index is 14.9. The van der Waals surface area contributed by atoms with E-state index in [1.165, 1.54) is 17.7 Å². The molecular weight excluding hydrogens is 505 g/mol. The number of fused-ring (bicyclic) bond motifs is 1. The third-order valence-electron chi connectivity index (χ3n) is 5.58. The number of aromatic nitrogens is 1. The maximum Gasteiger partial charge on any atom is 0.230 e. The highest BCUT2D eigenvalue weighted by Crippen LogP contribution is 2.39. The van der Waals surface area contributed by atoms with Gasteiger partial charge >= 0.3 is 0 Å². The number of nitrogens with zero attached hydrogens (tertiary/aromatic N) is 1. The summed E-state index contributed by atoms with van der Waals surface area (Å²) in [6.45, 7) is 2.05. The van der Waals surface area contributed by atoms with Gasteiger partial charge in [0.1, 0.15) is 5.75 Å². The van der Waals surface area contributed by atoms with Crippen molar-refractivity contribution in [3.63, 3.8) is 0 Å². The number of hydrogen-bond donors (Lipinski definition) is 2. The first-order valence-electron chi connectivity index (χ1n) is 11.5. The van der Waals surface area contributed by atoms with E-state index in [1.807, 2.05) is 43.3 Å². The lowest BCUT2D eigenvalue weighted by Gasteiger charge is -2.12. The van der Waals surface area contributed by atoms with Crippen molar-refractivity contribution in [1.82, 2.24) is 10.3 Å². The Bertz CT molecular complexity index is 1580. The van der Waals surface area contributed by atoms with Crippen LogP contribution >= 0.6 is 23.6 Å². The topological polar surface area (TPSA) is 63.2 Å². The Morgan fingerprint density at radius 3 is 2.54 bits per heavy atom. The molecule has 0 aliphatic carbocycles. The zero-order chi connectivity index (χ0) is 25.8. The molecular formula is C29H22FN3O2S2. The number of amides is 1. The lowest BCUT2D eigenvalue weighted by atomic mass is 10.1. The van der Waals surface area contributed by atoms with E-state index in [2.05, 4.69) is 39.9 Å². The van der Waals surface area contributed by atoms with Crippen LogP contribution in [-0.4, -0.2) is 16.0 Å². The highest BCUT2D eigenvalue weighted by molar-refractivity contribution is 7.80. The number of benzene rings is 3. The van der Waals surface area contributed by atoms with Crippen molar-refractivity contribution < 1.29 is 13.9 Å². The van der Waals surface area contributed by atoms with Crippen molar-refractivity contribution in [2.45, 2.75) is 13.3 Å². The van der Waals surface area contributed by atoms with Gasteiger partial charge in [0.15, 0.2) is 16.7 Å². The minimum Gasteiger partial charge on any atom is -0.453 e. The number of carbonyl (C=O) groups is 1. The summed E-state index contributed by atoms with van der Waals surface area (Å²) in [5, 5.41) is 5.54. The predicted molar refractivity (Wildman–Crippen MR) is 151 cm³/mol. The lowest BCUT2D eigenvalue weighted by molar-refractivity contribution is -0.119. The Kier molecular flexibility index (Phi) is 7.20. The summed E-state index contributed by atoms with van der Waals surface area (Å²) in [7, 11) is 0. The molecule has 0 unspecified atom stereocenters. The van der Waals surface area contributed by atoms with Crippen LogP contribution in [0.1, 0.15) is 11.1 Å². The molecule has 0 atom stereocenters. The molecule has 0 fully saturated rings. The molecule has 3 aromatic carbocycles. The Morgan fingerprint density at radius 1 is 1.00 bits per heavy atom. The highest BCUT2D eigenvalue weighted by Gasteiger charge is 2.14. The molecule has 5 aromatic rings. The summed E-state index contributed by atoms with van der Waals surface area (Å²) < 4.78 is 21.7. The fourth-order valence-electron chi connectivity index (χ4n) is 3.75. The van der Waals surface area contributed by atoms with Gasteiger partial charge in [-0.15, -0.1) is 11.3 Å². The van der Waals surface area contributed by atoms with Gasteiger partial charge < -0.3 is 15.4 Å². The van der Waals surface area contributed by atoms with Crippen molar-refractivity contribution in [3.8, 4) is 21.9 Å². The first kappa shape index (κ1) is 24.5. The predicted octanol–water partition coefficient (Wildman–Crippen LogP) is 7.26. The zero-order valence-corrected chi connectivity index (χ0v) is 21.5. The lowest BCUT2D eigenvalue weighted by Crippen LogP contribution is -2.35. The third-order valence-corrected chi connectivity index (χ3v) is 6.97. The molecule has 2 heterocycles. The van der Waals surface area contributed by atoms with E-state index in [1.54, 1.807) is 29.7 Å². The van der Waals surface area contributed by atoms with Gasteiger partial charge in [0.05, 0.1) is 16.6 Å². The van der Waals surface area contributed by atoms with Crippen molar-refractivity contribution in [2.24, 2.45) is 0 Å². The van der Waals surface area contributed by atoms with Crippen molar-refractivity contribution in [3.05, 3.63) is 108 Å². The number of nitrogens with one attached hydrogen (secondary N) is 2. The van der Waals surface area contributed by atoms with Crippen molar-refractivity contribution >= 4 is 50.5 Å². The van der Waals surface area contributed by atoms with Crippen LogP contribution in [0.4, 0.5) is 10.1 Å². The summed E-state index contributed by atoms with van der Waals surface area (Å²) in [6.07, 6.45) is 1.84. The fourth-order valence-corrected chi connectivity index (χ4v) is 5.05. The van der Waals surface area contributed by atoms with Gasteiger partial charge in [0.25, 0.3) is 0 Å². The second-order valence-corrected chi connectivity index (χ2v) is 9.87. The van der Waals surface area contributed by atoms with Gasteiger partial charge in [-0.1, -0.05) is 60.2 Å². The minimum atomic E-state index is -0.566. The van der Waals surface area contributed by atoms with Crippen LogP contribution in [0.25, 0.3) is 20.7 Å². The number of anilines is 1. The van der Waals surface area contributed by atoms with Crippen molar-refractivity contribution in [2.75, 3.05) is 5.32 Å². The van der Waals surface area contributed by atoms with Gasteiger partial charge in [0.2, 0.25) is 5.91 Å². The van der Waals surface area contributed by atoms with E-state index in [0.717, 1.165) is 26.2 Å². The second kappa shape index (κ2) is 10.9. The number of carbonyl (C=O) groups excluding carboxylic acids is 1. The van der Waals surface area contributed by atoms with Crippen LogP contribution < -0.4 is 15.4 Å². The van der Waals surface area contributed by atoms with Crippen LogP contribution in [0.5, 0.6) is 11.5 Å². The summed E-state index contributed by atoms with van der Waals surface area (Å²) in [6, 6.07) is 25.8. The summed E-state index contributed by atoms with van der Waals surface area (Å²) in [5.74, 6) is -0.227. The zero-order valence-electron chi connectivity index (χ0n) is 19.8. The molecule has 5 rings (SSSR count). The van der Waals surface area contributed by atoms with Gasteiger partial charge in [-0.25, -0.2) is 4.39 Å². The molecule has 184 valence electrons. The minimum absolute atomic E-state index is 0.0716. The molecule has 2 aromatic heterocycles. The average molecular weight is 528 g/mol. The van der Waals surface area contributed by atoms with Crippen LogP contribution in [0.2, 0.25) is 0 Å². The van der Waals surface area contributed by atoms with Crippen LogP contribution in [-0.2, 0) is 11.2 Å². The molecule has 2 N–H and O–H groups in total. The Balaban J connectivity index is 1.27. The van der Waals surface area contributed by atoms with E-state index < -0.39 is 5.82 Å². The smallest absolute Gasteiger partial charge is 0.230 e. The average Bonchev–Trinajstić information content (AvgIpc) is 3.32. The molecule has 0 bridgehead atoms. The summed E-state index contributed by atoms with van der Waals surface area (Å²) in [4.78, 5) is 17.7. The van der Waals surface area contributed by atoms with E-state index in [-0.39, 0.29) is 23.2 Å². The highest BCUT2D eigenvalue weighted by atomic mass is 32.1. The number of thiophene rings is 1. The number of hydrogen-bond acceptors (Lipinski definition) is 5. The number of thiocarbonyl (C=S) groups is 1. The number of rotatable bonds is 6. The standard InChI is InChI=1S/C29H22FN3O2S2/c1-18-7-9-20(10-8-18)26-17-23-28(37-26)25(13-14-31-23)35-24-12-11-21(16-22(24)30)32-29(36)33-27(34)15-19-5-3-2-4-6-19/h2-14,16-17H,15H2,1H3,(H2,32,33,34,36). The largest absolute Gasteiger partial charge is 0.453 e. The molecule has 37 heavy (non-hydrogen) atoms. The Morgan fingerprint density at radius 2 is 1.78 bits per heavy atom. The van der Waals surface area contributed by atoms with Gasteiger partial charge in [-0.3, -0.25) is 9.78 Å². The molecule has 1 amide bonds. The van der Waals surface area contributed by atoms with Crippen LogP contribution in [0.3, 0.4) is 0 Å². The monoisotopic (exact) mass is 527 g/mol. The number of aryl methyl sites for hydroxylation is 1. The third kappa shape index (κ3) is 5.99. The number of pyridine rings is 1. The van der Waals surface area contributed by atoms with E-state index >= 15 is 0 Å². The summed E-state index contributed by atoms with van der Waals surface area (Å²) >= 11 is 6.76. The Labute approximate surface area is 223 Å². The van der Waals surface area contributed by atoms with E-state index in [9.17, 15) is 9.18 Å². The van der Waals surface area contributed by atoms with E-state index in [0.29, 0.717) is 11.4 Å². The van der Waals surface area contributed by atoms with Crippen molar-refractivity contribution in [1.29, 1.82) is 0 Å². The molecule has 0 aliphatic rings. The van der Waals surface area contributed by atoms with Crippen LogP contribution in [0.15, 0.2) is 91.1 Å². The van der Waals surface area contributed by atoms with Gasteiger partial charge in [0, 0.05) is 28.9 Å². The normalized spacial score (nSPS) is 10.8. The SMILES string of the molecule is Cc1ccc(-c2cc3nccc(Oc4ccc(NC(=S)NC(=O)Cc5ccccc5)cc4F)c3s2)cc1. The molecule has 0 radical (unpaired) electrons. The molecule has 5 nitrogen and oxygen atoms in total. The maximum atomic E-state index is 14.9. The van der Waals surface area contributed by atoms with Crippen LogP contribution in [0, 0.1) is 12.7 Å². The fraction of sp³-hybridized carbons (Fsp3) is 0.0690. The molecule has 8 heteroatoms. The van der Waals surface area contributed by atoms with E-state index in [4.69, 9.17) is 17.0 Å². The second-order valence-electron chi connectivity index (χ2n) is 8.41.